The third-order valence-corrected chi connectivity index (χ3v) is 4.58. The summed E-state index contributed by atoms with van der Waals surface area (Å²) in [6.45, 7) is 3.30. The number of unbranched alkanes of at least 4 members (excludes halogenated alkanes) is 2. The molecular formula is C25H32N2O3. The van der Waals surface area contributed by atoms with Gasteiger partial charge in [-0.15, -0.1) is 0 Å². The summed E-state index contributed by atoms with van der Waals surface area (Å²) in [6.07, 6.45) is 14.0. The van der Waals surface area contributed by atoms with Crippen LogP contribution in [-0.2, 0) is 4.79 Å². The van der Waals surface area contributed by atoms with Crippen LogP contribution in [0.1, 0.15) is 44.6 Å². The second-order valence-electron chi connectivity index (χ2n) is 6.92. The van der Waals surface area contributed by atoms with Gasteiger partial charge in [-0.3, -0.25) is 9.78 Å². The zero-order valence-electron chi connectivity index (χ0n) is 18.0. The van der Waals surface area contributed by atoms with Crippen LogP contribution in [0.15, 0.2) is 67.0 Å². The molecule has 5 heteroatoms. The van der Waals surface area contributed by atoms with E-state index in [1.165, 1.54) is 18.4 Å². The summed E-state index contributed by atoms with van der Waals surface area (Å²) in [5.74, 6) is 1.48. The number of hydrogen-bond acceptors (Lipinski definition) is 4. The predicted octanol–water partition coefficient (Wildman–Crippen LogP) is 5.20. The van der Waals surface area contributed by atoms with Crippen molar-refractivity contribution in [2.75, 3.05) is 20.3 Å². The highest BCUT2D eigenvalue weighted by Crippen LogP contribution is 2.23. The molecule has 0 saturated heterocycles. The van der Waals surface area contributed by atoms with Crippen LogP contribution in [0.3, 0.4) is 0 Å². The van der Waals surface area contributed by atoms with Gasteiger partial charge < -0.3 is 14.8 Å². The number of nitrogens with one attached hydrogen (secondary N) is 1. The number of benzene rings is 1. The Kier molecular flexibility index (Phi) is 10.8. The number of rotatable bonds is 13. The summed E-state index contributed by atoms with van der Waals surface area (Å²) in [5.41, 5.74) is 2.38. The summed E-state index contributed by atoms with van der Waals surface area (Å²) < 4.78 is 10.8. The van der Waals surface area contributed by atoms with E-state index >= 15 is 0 Å². The number of aromatic nitrogens is 1. The van der Waals surface area contributed by atoms with Gasteiger partial charge >= 0.3 is 0 Å². The smallest absolute Gasteiger partial charge is 0.243 e. The second kappa shape index (κ2) is 14.0. The molecule has 160 valence electrons. The van der Waals surface area contributed by atoms with E-state index in [2.05, 4.69) is 29.4 Å². The highest BCUT2D eigenvalue weighted by atomic mass is 16.5. The zero-order valence-corrected chi connectivity index (χ0v) is 18.0. The van der Waals surface area contributed by atoms with Gasteiger partial charge in [0.05, 0.1) is 19.9 Å². The molecule has 0 fully saturated rings. The lowest BCUT2D eigenvalue weighted by molar-refractivity contribution is -0.116. The fourth-order valence-corrected chi connectivity index (χ4v) is 2.91. The third-order valence-electron chi connectivity index (χ3n) is 4.58. The van der Waals surface area contributed by atoms with E-state index in [4.69, 9.17) is 9.47 Å². The van der Waals surface area contributed by atoms with Gasteiger partial charge in [0.25, 0.3) is 0 Å². The Morgan fingerprint density at radius 1 is 1.10 bits per heavy atom. The monoisotopic (exact) mass is 408 g/mol. The summed E-state index contributed by atoms with van der Waals surface area (Å²) >= 11 is 0. The van der Waals surface area contributed by atoms with Crippen LogP contribution in [0.5, 0.6) is 11.5 Å². The quantitative estimate of drug-likeness (QED) is 0.281. The third kappa shape index (κ3) is 8.95. The molecular weight excluding hydrogens is 376 g/mol. The maximum Gasteiger partial charge on any atom is 0.243 e. The molecule has 0 spiro atoms. The van der Waals surface area contributed by atoms with E-state index in [9.17, 15) is 4.79 Å². The van der Waals surface area contributed by atoms with E-state index in [-0.39, 0.29) is 5.91 Å². The molecule has 1 N–H and O–H groups in total. The molecule has 2 rings (SSSR count). The predicted molar refractivity (Wildman–Crippen MR) is 122 cm³/mol. The molecule has 0 aliphatic heterocycles. The molecule has 0 atom stereocenters. The maximum atomic E-state index is 12.0. The van der Waals surface area contributed by atoms with Crippen molar-refractivity contribution in [3.63, 3.8) is 0 Å². The number of ether oxygens (including phenoxy) is 2. The first kappa shape index (κ1) is 23.2. The van der Waals surface area contributed by atoms with Gasteiger partial charge in [-0.05, 0) is 54.7 Å². The van der Waals surface area contributed by atoms with E-state index in [0.29, 0.717) is 13.2 Å². The number of carbonyl (C=O) groups is 1. The van der Waals surface area contributed by atoms with E-state index in [0.717, 1.165) is 36.3 Å². The molecule has 0 bridgehead atoms. The van der Waals surface area contributed by atoms with E-state index in [1.54, 1.807) is 25.6 Å². The molecule has 0 radical (unpaired) electrons. The number of nitrogens with zero attached hydrogens (tertiary/aromatic N) is 1. The van der Waals surface area contributed by atoms with Crippen LogP contribution >= 0.6 is 0 Å². The molecule has 0 aliphatic rings. The lowest BCUT2D eigenvalue weighted by Gasteiger charge is -2.08. The highest BCUT2D eigenvalue weighted by molar-refractivity contribution is 5.88. The van der Waals surface area contributed by atoms with Gasteiger partial charge in [0.2, 0.25) is 5.91 Å². The van der Waals surface area contributed by atoms with Gasteiger partial charge in [-0.1, -0.05) is 44.1 Å². The number of amides is 1. The van der Waals surface area contributed by atoms with Crippen molar-refractivity contribution >= 4 is 11.5 Å². The lowest BCUT2D eigenvalue weighted by atomic mass is 9.99. The van der Waals surface area contributed by atoms with Gasteiger partial charge in [0.15, 0.2) is 0 Å². The minimum atomic E-state index is -0.102. The molecule has 0 saturated carbocycles. The Bertz CT molecular complexity index is 799. The number of pyridine rings is 1. The number of methoxy groups -OCH3 is 1. The number of carbonyl (C=O) groups excluding carboxylic acids is 1. The minimum Gasteiger partial charge on any atom is -0.497 e. The number of allylic oxidation sites excluding steroid dienone is 3. The molecule has 1 aromatic heterocycles. The van der Waals surface area contributed by atoms with Crippen LogP contribution < -0.4 is 14.8 Å². The molecule has 1 amide bonds. The van der Waals surface area contributed by atoms with E-state index in [1.807, 2.05) is 36.4 Å². The van der Waals surface area contributed by atoms with Crippen LogP contribution in [-0.4, -0.2) is 31.2 Å². The number of hydrogen-bond donors (Lipinski definition) is 1. The van der Waals surface area contributed by atoms with Crippen LogP contribution in [0.4, 0.5) is 0 Å². The van der Waals surface area contributed by atoms with Crippen LogP contribution in [0.25, 0.3) is 5.57 Å². The molecule has 1 aromatic carbocycles. The normalized spacial score (nSPS) is 11.5. The Hall–Kier alpha value is -3.08. The molecule has 1 heterocycles. The van der Waals surface area contributed by atoms with Gasteiger partial charge in [-0.25, -0.2) is 0 Å². The average molecular weight is 409 g/mol. The first-order valence-corrected chi connectivity index (χ1v) is 10.5. The molecule has 5 nitrogen and oxygen atoms in total. The summed E-state index contributed by atoms with van der Waals surface area (Å²) in [7, 11) is 1.67. The molecule has 30 heavy (non-hydrogen) atoms. The summed E-state index contributed by atoms with van der Waals surface area (Å²) in [4.78, 5) is 16.0. The molecule has 0 aliphatic carbocycles. The van der Waals surface area contributed by atoms with Gasteiger partial charge in [0, 0.05) is 18.8 Å². The van der Waals surface area contributed by atoms with Crippen molar-refractivity contribution in [3.8, 4) is 11.5 Å². The van der Waals surface area contributed by atoms with Gasteiger partial charge in [-0.2, -0.15) is 0 Å². The van der Waals surface area contributed by atoms with Crippen LogP contribution in [0.2, 0.25) is 0 Å². The topological polar surface area (TPSA) is 60.5 Å². The lowest BCUT2D eigenvalue weighted by Crippen LogP contribution is -2.23. The van der Waals surface area contributed by atoms with E-state index < -0.39 is 0 Å². The Morgan fingerprint density at radius 2 is 1.93 bits per heavy atom. The Balaban J connectivity index is 1.80. The molecule has 2 aromatic rings. The maximum absolute atomic E-state index is 12.0. The summed E-state index contributed by atoms with van der Waals surface area (Å²) in [6, 6.07) is 11.7. The minimum absolute atomic E-state index is 0.102. The van der Waals surface area contributed by atoms with Gasteiger partial charge in [0.1, 0.15) is 11.5 Å². The standard InChI is InChI=1S/C25H32N2O3/c1-3-4-5-9-21(22-13-15-23(29-2)16-14-22)10-6-12-25(28)27-18-8-19-30-24-11-7-17-26-20-24/h6-7,10-17,20H,3-5,8-9,18-19H2,1-2H3,(H,27,28)/b12-6+,21-10+. The van der Waals surface area contributed by atoms with Crippen molar-refractivity contribution in [3.05, 3.63) is 72.6 Å². The van der Waals surface area contributed by atoms with Crippen molar-refractivity contribution in [2.45, 2.75) is 39.0 Å². The SMILES string of the molecule is CCCCC/C(=C\C=C\C(=O)NCCCOc1cccnc1)c1ccc(OC)cc1. The van der Waals surface area contributed by atoms with Crippen molar-refractivity contribution < 1.29 is 14.3 Å². The Labute approximate surface area is 179 Å². The van der Waals surface area contributed by atoms with Crippen molar-refractivity contribution in [2.24, 2.45) is 0 Å². The first-order valence-electron chi connectivity index (χ1n) is 10.5. The first-order chi connectivity index (χ1) is 14.7. The zero-order chi connectivity index (χ0) is 21.4. The fraction of sp³-hybridized carbons (Fsp3) is 0.360. The fourth-order valence-electron chi connectivity index (χ4n) is 2.91. The van der Waals surface area contributed by atoms with Crippen molar-refractivity contribution in [1.82, 2.24) is 10.3 Å². The summed E-state index contributed by atoms with van der Waals surface area (Å²) in [5, 5.41) is 2.88. The highest BCUT2D eigenvalue weighted by Gasteiger charge is 2.02. The van der Waals surface area contributed by atoms with Crippen molar-refractivity contribution in [1.29, 1.82) is 0 Å². The molecule has 0 unspecified atom stereocenters. The van der Waals surface area contributed by atoms with Crippen LogP contribution in [0, 0.1) is 0 Å². The largest absolute Gasteiger partial charge is 0.497 e. The average Bonchev–Trinajstić information content (AvgIpc) is 2.79. The Morgan fingerprint density at radius 3 is 2.63 bits per heavy atom. The second-order valence-corrected chi connectivity index (χ2v) is 6.92.